The Morgan fingerprint density at radius 1 is 1.07 bits per heavy atom. The molecule has 42 heavy (non-hydrogen) atoms. The number of fused-ring (bicyclic) bond motifs is 2. The first-order chi connectivity index (χ1) is 20.5. The minimum Gasteiger partial charge on any atom is -0.462 e. The van der Waals surface area contributed by atoms with Crippen molar-refractivity contribution in [3.63, 3.8) is 0 Å². The summed E-state index contributed by atoms with van der Waals surface area (Å²) in [4.78, 5) is 33.4. The summed E-state index contributed by atoms with van der Waals surface area (Å²) < 4.78 is 7.91. The molecule has 0 amide bonds. The molecule has 2 saturated heterocycles. The maximum atomic E-state index is 14.5. The van der Waals surface area contributed by atoms with E-state index in [0.29, 0.717) is 55.7 Å². The number of aryl methyl sites for hydroxylation is 1. The minimum absolute atomic E-state index is 0.00303. The number of hydrogen-bond donors (Lipinski definition) is 1. The number of nitriles is 1. The van der Waals surface area contributed by atoms with Gasteiger partial charge in [0.05, 0.1) is 18.2 Å². The third-order valence-electron chi connectivity index (χ3n) is 8.99. The number of piperazine rings is 1. The molecule has 10 nitrogen and oxygen atoms in total. The monoisotopic (exact) mass is 564 g/mol. The van der Waals surface area contributed by atoms with Crippen molar-refractivity contribution in [2.75, 3.05) is 44.7 Å². The fraction of sp³-hybridized carbons (Fsp3) is 0.469. The smallest absolute Gasteiger partial charge is 0.319 e. The molecule has 0 bridgehead atoms. The van der Waals surface area contributed by atoms with Crippen molar-refractivity contribution in [3.8, 4) is 17.8 Å². The first-order valence-electron chi connectivity index (χ1n) is 15.0. The Bertz CT molecular complexity index is 1750. The molecule has 216 valence electrons. The van der Waals surface area contributed by atoms with E-state index in [9.17, 15) is 10.1 Å². The van der Waals surface area contributed by atoms with Gasteiger partial charge < -0.3 is 19.9 Å². The van der Waals surface area contributed by atoms with E-state index in [2.05, 4.69) is 52.5 Å². The molecule has 10 heteroatoms. The lowest BCUT2D eigenvalue weighted by molar-refractivity contribution is 0.188. The van der Waals surface area contributed by atoms with Gasteiger partial charge in [0.15, 0.2) is 11.3 Å². The summed E-state index contributed by atoms with van der Waals surface area (Å²) in [5.74, 6) is 1.69. The predicted molar refractivity (Wildman–Crippen MR) is 163 cm³/mol. The van der Waals surface area contributed by atoms with Crippen molar-refractivity contribution in [3.05, 3.63) is 58.1 Å². The lowest BCUT2D eigenvalue weighted by Crippen LogP contribution is -2.51. The van der Waals surface area contributed by atoms with Crippen LogP contribution in [0.1, 0.15) is 49.4 Å². The third kappa shape index (κ3) is 4.86. The van der Waals surface area contributed by atoms with Crippen LogP contribution in [0, 0.1) is 18.3 Å². The highest BCUT2D eigenvalue weighted by Crippen LogP contribution is 2.44. The zero-order chi connectivity index (χ0) is 28.8. The van der Waals surface area contributed by atoms with E-state index in [1.54, 1.807) is 4.57 Å². The van der Waals surface area contributed by atoms with Gasteiger partial charge in [-0.3, -0.25) is 9.36 Å². The lowest BCUT2D eigenvalue weighted by atomic mass is 9.99. The van der Waals surface area contributed by atoms with Crippen LogP contribution in [0.15, 0.2) is 41.2 Å². The first-order valence-corrected chi connectivity index (χ1v) is 15.0. The number of aromatic nitrogens is 4. The van der Waals surface area contributed by atoms with Gasteiger partial charge >= 0.3 is 6.01 Å². The second-order valence-electron chi connectivity index (χ2n) is 11.9. The summed E-state index contributed by atoms with van der Waals surface area (Å²) in [6, 6.07) is 15.3. The van der Waals surface area contributed by atoms with Gasteiger partial charge in [-0.15, -0.1) is 0 Å². The molecule has 7 rings (SSSR count). The van der Waals surface area contributed by atoms with Crippen LogP contribution in [0.25, 0.3) is 27.5 Å². The Balaban J connectivity index is 1.39. The third-order valence-corrected chi connectivity index (χ3v) is 8.99. The Morgan fingerprint density at radius 2 is 1.90 bits per heavy atom. The maximum absolute atomic E-state index is 14.5. The summed E-state index contributed by atoms with van der Waals surface area (Å²) in [5, 5.41) is 14.9. The Morgan fingerprint density at radius 3 is 2.67 bits per heavy atom. The molecule has 1 aliphatic carbocycles. The van der Waals surface area contributed by atoms with Crippen LogP contribution in [0.4, 0.5) is 5.82 Å². The molecule has 2 atom stereocenters. The van der Waals surface area contributed by atoms with Crippen molar-refractivity contribution < 1.29 is 4.74 Å². The van der Waals surface area contributed by atoms with Crippen LogP contribution in [-0.4, -0.2) is 76.3 Å². The predicted octanol–water partition coefficient (Wildman–Crippen LogP) is 3.68. The number of hydrogen-bond acceptors (Lipinski definition) is 9. The highest BCUT2D eigenvalue weighted by Gasteiger charge is 2.29. The number of likely N-dealkylation sites (N-methyl/N-ethyl adjacent to an activating group) is 1. The molecular weight excluding hydrogens is 528 g/mol. The fourth-order valence-corrected chi connectivity index (χ4v) is 6.60. The molecule has 0 unspecified atom stereocenters. The van der Waals surface area contributed by atoms with Crippen LogP contribution in [0.5, 0.6) is 6.01 Å². The highest BCUT2D eigenvalue weighted by molar-refractivity contribution is 5.94. The molecular formula is C32H36N8O2. The molecule has 0 spiro atoms. The molecule has 1 saturated carbocycles. The van der Waals surface area contributed by atoms with Crippen LogP contribution < -0.4 is 20.5 Å². The topological polar surface area (TPSA) is 112 Å². The van der Waals surface area contributed by atoms with Crippen molar-refractivity contribution in [2.24, 2.45) is 0 Å². The van der Waals surface area contributed by atoms with Gasteiger partial charge in [-0.1, -0.05) is 30.3 Å². The first kappa shape index (κ1) is 26.8. The SMILES string of the molecule is Cc1nc2c(N3CCN[C@@H](CC#N)C3)nc(OC[C@@H]3CCCN3C)nc2c(=O)n1-c1cccc2cccc(C3CC3)c12. The number of nitrogens with one attached hydrogen (secondary N) is 1. The van der Waals surface area contributed by atoms with Crippen LogP contribution >= 0.6 is 0 Å². The summed E-state index contributed by atoms with van der Waals surface area (Å²) >= 11 is 0. The van der Waals surface area contributed by atoms with E-state index < -0.39 is 0 Å². The Hall–Kier alpha value is -4.07. The number of ether oxygens (including phenoxy) is 1. The second-order valence-corrected chi connectivity index (χ2v) is 11.9. The van der Waals surface area contributed by atoms with Gasteiger partial charge in [-0.05, 0) is 69.1 Å². The minimum atomic E-state index is -0.231. The van der Waals surface area contributed by atoms with Crippen molar-refractivity contribution in [1.29, 1.82) is 5.26 Å². The van der Waals surface area contributed by atoms with Gasteiger partial charge in [0, 0.05) is 37.1 Å². The van der Waals surface area contributed by atoms with Gasteiger partial charge in [-0.25, -0.2) is 4.98 Å². The average molecular weight is 565 g/mol. The van der Waals surface area contributed by atoms with Crippen LogP contribution in [-0.2, 0) is 0 Å². The summed E-state index contributed by atoms with van der Waals surface area (Å²) in [6.07, 6.45) is 4.92. The fourth-order valence-electron chi connectivity index (χ4n) is 6.60. The van der Waals surface area contributed by atoms with Gasteiger partial charge in [0.1, 0.15) is 17.9 Å². The molecule has 2 aromatic carbocycles. The van der Waals surface area contributed by atoms with E-state index >= 15 is 0 Å². The van der Waals surface area contributed by atoms with Crippen LogP contribution in [0.3, 0.4) is 0 Å². The largest absolute Gasteiger partial charge is 0.462 e. The zero-order valence-electron chi connectivity index (χ0n) is 24.2. The molecule has 2 aliphatic heterocycles. The quantitative estimate of drug-likeness (QED) is 0.359. The number of benzene rings is 2. The van der Waals surface area contributed by atoms with E-state index in [1.807, 2.05) is 19.1 Å². The summed E-state index contributed by atoms with van der Waals surface area (Å²) in [7, 11) is 2.11. The molecule has 3 fully saturated rings. The van der Waals surface area contributed by atoms with Crippen LogP contribution in [0.2, 0.25) is 0 Å². The van der Waals surface area contributed by atoms with E-state index in [4.69, 9.17) is 19.7 Å². The van der Waals surface area contributed by atoms with Gasteiger partial charge in [-0.2, -0.15) is 15.2 Å². The second kappa shape index (κ2) is 11.0. The van der Waals surface area contributed by atoms with E-state index in [0.717, 1.165) is 35.8 Å². The number of anilines is 1. The highest BCUT2D eigenvalue weighted by atomic mass is 16.5. The molecule has 1 N–H and O–H groups in total. The molecule has 4 heterocycles. The summed E-state index contributed by atoms with van der Waals surface area (Å²) in [5.41, 5.74) is 2.60. The van der Waals surface area contributed by atoms with E-state index in [1.165, 1.54) is 18.4 Å². The molecule has 4 aromatic rings. The molecule has 3 aliphatic rings. The Kier molecular flexibility index (Phi) is 7.00. The van der Waals surface area contributed by atoms with E-state index in [-0.39, 0.29) is 29.2 Å². The zero-order valence-corrected chi connectivity index (χ0v) is 24.2. The normalized spacial score (nSPS) is 21.2. The van der Waals surface area contributed by atoms with Crippen molar-refractivity contribution in [2.45, 2.75) is 57.0 Å². The average Bonchev–Trinajstić information content (AvgIpc) is 3.77. The summed E-state index contributed by atoms with van der Waals surface area (Å²) in [6.45, 7) is 5.35. The Labute approximate surface area is 244 Å². The molecule has 2 aromatic heterocycles. The number of rotatable bonds is 7. The van der Waals surface area contributed by atoms with Gasteiger partial charge in [0.2, 0.25) is 0 Å². The number of likely N-dealkylation sites (tertiary alicyclic amines) is 1. The standard InChI is InChI=1S/C32H36N8O2/c1-20-35-28-29(31(41)40(20)26-10-4-7-22-6-3-9-25(27(22)26)21-11-12-21)36-32(42-19-24-8-5-16-38(24)2)37-30(28)39-17-15-34-23(18-39)13-14-33/h3-4,6-7,9-10,21,23-24,34H,5,8,11-13,15-19H2,1-2H3/t23-,24-/m0/s1. The molecule has 0 radical (unpaired) electrons. The number of nitrogens with zero attached hydrogens (tertiary/aromatic N) is 7. The van der Waals surface area contributed by atoms with Crippen molar-refractivity contribution in [1.82, 2.24) is 29.7 Å². The van der Waals surface area contributed by atoms with Crippen molar-refractivity contribution >= 4 is 27.6 Å². The van der Waals surface area contributed by atoms with Gasteiger partial charge in [0.25, 0.3) is 5.56 Å². The lowest BCUT2D eigenvalue weighted by Gasteiger charge is -2.34. The maximum Gasteiger partial charge on any atom is 0.319 e.